The molecule has 1 aliphatic carbocycles. The Morgan fingerprint density at radius 2 is 2.04 bits per heavy atom. The summed E-state index contributed by atoms with van der Waals surface area (Å²) in [5, 5.41) is 5.75. The van der Waals surface area contributed by atoms with E-state index in [0.717, 1.165) is 12.1 Å². The van der Waals surface area contributed by atoms with Crippen LogP contribution < -0.4 is 4.72 Å². The highest BCUT2D eigenvalue weighted by Gasteiger charge is 2.30. The topological polar surface area (TPSA) is 95.2 Å². The zero-order valence-corrected chi connectivity index (χ0v) is 14.8. The lowest BCUT2D eigenvalue weighted by molar-refractivity contribution is -0.127. The quantitative estimate of drug-likeness (QED) is 0.823. The molecule has 0 unspecified atom stereocenters. The zero-order chi connectivity index (χ0) is 17.0. The fraction of sp³-hybridized carbons (Fsp3) is 0.733. The van der Waals surface area contributed by atoms with Gasteiger partial charge in [0, 0.05) is 25.9 Å². The molecule has 0 saturated heterocycles. The van der Waals surface area contributed by atoms with E-state index in [1.807, 2.05) is 0 Å². The highest BCUT2D eigenvalue weighted by atomic mass is 32.2. The predicted octanol–water partition coefficient (Wildman–Crippen LogP) is 1.75. The minimum Gasteiger partial charge on any atom is -0.348 e. The second-order valence-electron chi connectivity index (χ2n) is 6.51. The molecule has 7 nitrogen and oxygen atoms in total. The Balaban J connectivity index is 1.98. The van der Waals surface area contributed by atoms with Gasteiger partial charge in [0.25, 0.3) is 0 Å². The van der Waals surface area contributed by atoms with Crippen molar-refractivity contribution in [2.24, 2.45) is 5.92 Å². The molecule has 0 aliphatic heterocycles. The number of H-pyrrole nitrogens is 1. The van der Waals surface area contributed by atoms with Gasteiger partial charge in [-0.25, -0.2) is 8.42 Å². The summed E-state index contributed by atoms with van der Waals surface area (Å²) in [5.74, 6) is 0.424. The maximum atomic E-state index is 12.2. The van der Waals surface area contributed by atoms with Crippen molar-refractivity contribution < 1.29 is 13.2 Å². The van der Waals surface area contributed by atoms with Crippen LogP contribution in [0.3, 0.4) is 0 Å². The highest BCUT2D eigenvalue weighted by molar-refractivity contribution is 7.94. The molecule has 1 amide bonds. The van der Waals surface area contributed by atoms with Crippen molar-refractivity contribution in [1.82, 2.24) is 15.1 Å². The summed E-state index contributed by atoms with van der Waals surface area (Å²) in [4.78, 5) is 13.1. The van der Waals surface area contributed by atoms with Crippen molar-refractivity contribution in [2.75, 3.05) is 18.8 Å². The SMILES string of the molecule is C[C@@H](C(=O)N(C)C)S(=O)(=O)Nc1cc(CC2CCCCC2)[nH]n1. The fourth-order valence-electron chi connectivity index (χ4n) is 2.95. The summed E-state index contributed by atoms with van der Waals surface area (Å²) in [7, 11) is -0.735. The minimum absolute atomic E-state index is 0.245. The number of hydrogen-bond donors (Lipinski definition) is 2. The fourth-order valence-corrected chi connectivity index (χ4v) is 4.00. The maximum Gasteiger partial charge on any atom is 0.245 e. The van der Waals surface area contributed by atoms with Crippen molar-refractivity contribution in [1.29, 1.82) is 0 Å². The molecule has 1 aliphatic rings. The molecule has 1 heterocycles. The van der Waals surface area contributed by atoms with E-state index >= 15 is 0 Å². The Labute approximate surface area is 137 Å². The minimum atomic E-state index is -3.80. The van der Waals surface area contributed by atoms with E-state index < -0.39 is 21.2 Å². The highest BCUT2D eigenvalue weighted by Crippen LogP contribution is 2.27. The summed E-state index contributed by atoms with van der Waals surface area (Å²) in [6.45, 7) is 1.38. The first-order valence-electron chi connectivity index (χ1n) is 8.06. The lowest BCUT2D eigenvalue weighted by Crippen LogP contribution is -2.39. The van der Waals surface area contributed by atoms with Gasteiger partial charge in [-0.3, -0.25) is 14.6 Å². The van der Waals surface area contributed by atoms with Gasteiger partial charge in [0.05, 0.1) is 0 Å². The molecule has 2 rings (SSSR count). The average molecular weight is 342 g/mol. The number of rotatable bonds is 6. The Morgan fingerprint density at radius 1 is 1.39 bits per heavy atom. The number of nitrogens with one attached hydrogen (secondary N) is 2. The zero-order valence-electron chi connectivity index (χ0n) is 14.0. The Kier molecular flexibility index (Phi) is 5.67. The molecular formula is C15H26N4O3S. The number of carbonyl (C=O) groups is 1. The van der Waals surface area contributed by atoms with Crippen LogP contribution in [-0.4, -0.2) is 48.8 Å². The van der Waals surface area contributed by atoms with Crippen LogP contribution in [0.4, 0.5) is 5.82 Å². The number of anilines is 1. The molecule has 1 atom stereocenters. The number of aromatic nitrogens is 2. The molecule has 130 valence electrons. The van der Waals surface area contributed by atoms with Gasteiger partial charge in [-0.05, 0) is 19.3 Å². The summed E-state index contributed by atoms with van der Waals surface area (Å²) in [6.07, 6.45) is 7.16. The van der Waals surface area contributed by atoms with Crippen LogP contribution in [0.2, 0.25) is 0 Å². The van der Waals surface area contributed by atoms with Crippen LogP contribution in [-0.2, 0) is 21.2 Å². The standard InChI is InChI=1S/C15H26N4O3S/c1-11(15(20)19(2)3)23(21,22)18-14-10-13(16-17-14)9-12-7-5-4-6-8-12/h10-12H,4-9H2,1-3H3,(H2,16,17,18)/t11-/m0/s1. The van der Waals surface area contributed by atoms with E-state index in [1.54, 1.807) is 6.07 Å². The van der Waals surface area contributed by atoms with Crippen LogP contribution in [0.25, 0.3) is 0 Å². The van der Waals surface area contributed by atoms with E-state index in [-0.39, 0.29) is 5.82 Å². The number of aromatic amines is 1. The van der Waals surface area contributed by atoms with Gasteiger partial charge in [-0.1, -0.05) is 32.1 Å². The molecule has 2 N–H and O–H groups in total. The Morgan fingerprint density at radius 3 is 2.65 bits per heavy atom. The van der Waals surface area contributed by atoms with Gasteiger partial charge in [-0.15, -0.1) is 0 Å². The van der Waals surface area contributed by atoms with Gasteiger partial charge >= 0.3 is 0 Å². The monoisotopic (exact) mass is 342 g/mol. The Bertz CT molecular complexity index is 633. The largest absolute Gasteiger partial charge is 0.348 e. The van der Waals surface area contributed by atoms with E-state index in [2.05, 4.69) is 14.9 Å². The van der Waals surface area contributed by atoms with E-state index in [4.69, 9.17) is 0 Å². The number of amides is 1. The van der Waals surface area contributed by atoms with Gasteiger partial charge in [0.1, 0.15) is 0 Å². The van der Waals surface area contributed by atoms with Crippen molar-refractivity contribution in [3.63, 3.8) is 0 Å². The Hall–Kier alpha value is -1.57. The first kappa shape index (κ1) is 17.8. The number of carbonyl (C=O) groups excluding carboxylic acids is 1. The van der Waals surface area contributed by atoms with Crippen molar-refractivity contribution in [3.8, 4) is 0 Å². The summed E-state index contributed by atoms with van der Waals surface area (Å²) >= 11 is 0. The van der Waals surface area contributed by atoms with E-state index in [0.29, 0.717) is 5.92 Å². The third-order valence-electron chi connectivity index (χ3n) is 4.37. The molecule has 23 heavy (non-hydrogen) atoms. The average Bonchev–Trinajstić information content (AvgIpc) is 2.92. The van der Waals surface area contributed by atoms with Crippen molar-refractivity contribution in [2.45, 2.75) is 50.7 Å². The van der Waals surface area contributed by atoms with Gasteiger partial charge in [-0.2, -0.15) is 5.10 Å². The molecule has 1 fully saturated rings. The first-order chi connectivity index (χ1) is 10.8. The molecule has 1 saturated carbocycles. The molecule has 0 bridgehead atoms. The molecule has 1 aromatic heterocycles. The van der Waals surface area contributed by atoms with Crippen molar-refractivity contribution >= 4 is 21.7 Å². The van der Waals surface area contributed by atoms with Crippen LogP contribution >= 0.6 is 0 Å². The lowest BCUT2D eigenvalue weighted by atomic mass is 9.86. The molecule has 0 aromatic carbocycles. The molecule has 1 aromatic rings. The molecule has 0 spiro atoms. The van der Waals surface area contributed by atoms with Crippen LogP contribution in [0.15, 0.2) is 6.07 Å². The van der Waals surface area contributed by atoms with Crippen LogP contribution in [0.1, 0.15) is 44.7 Å². The second kappa shape index (κ2) is 7.33. The van der Waals surface area contributed by atoms with Crippen LogP contribution in [0, 0.1) is 5.92 Å². The van der Waals surface area contributed by atoms with Crippen molar-refractivity contribution in [3.05, 3.63) is 11.8 Å². The van der Waals surface area contributed by atoms with Gasteiger partial charge in [0.15, 0.2) is 11.1 Å². The molecule has 8 heteroatoms. The molecular weight excluding hydrogens is 316 g/mol. The van der Waals surface area contributed by atoms with Gasteiger partial charge in [0.2, 0.25) is 15.9 Å². The van der Waals surface area contributed by atoms with E-state index in [1.165, 1.54) is 58.0 Å². The third-order valence-corrected chi connectivity index (χ3v) is 5.99. The number of hydrogen-bond acceptors (Lipinski definition) is 4. The summed E-state index contributed by atoms with van der Waals surface area (Å²) in [5.41, 5.74) is 0.932. The lowest BCUT2D eigenvalue weighted by Gasteiger charge is -2.20. The number of nitrogens with zero attached hydrogens (tertiary/aromatic N) is 2. The second-order valence-corrected chi connectivity index (χ2v) is 8.51. The maximum absolute atomic E-state index is 12.2. The summed E-state index contributed by atoms with van der Waals surface area (Å²) in [6, 6.07) is 1.72. The van der Waals surface area contributed by atoms with Gasteiger partial charge < -0.3 is 4.90 Å². The molecule has 0 radical (unpaired) electrons. The first-order valence-corrected chi connectivity index (χ1v) is 9.61. The van der Waals surface area contributed by atoms with E-state index in [9.17, 15) is 13.2 Å². The van der Waals surface area contributed by atoms with Crippen LogP contribution in [0.5, 0.6) is 0 Å². The number of sulfonamides is 1. The normalized spacial score (nSPS) is 17.7. The summed E-state index contributed by atoms with van der Waals surface area (Å²) < 4.78 is 26.9. The predicted molar refractivity (Wildman–Crippen MR) is 89.6 cm³/mol. The smallest absolute Gasteiger partial charge is 0.245 e. The third kappa shape index (κ3) is 4.70.